The molecular weight excluding hydrogens is 363 g/mol. The number of rotatable bonds is 2. The van der Waals surface area contributed by atoms with Crippen LogP contribution in [0.2, 0.25) is 13.1 Å². The van der Waals surface area contributed by atoms with Crippen molar-refractivity contribution < 1.29 is 19.2 Å². The van der Waals surface area contributed by atoms with Gasteiger partial charge >= 0.3 is 38.5 Å². The summed E-state index contributed by atoms with van der Waals surface area (Å²) in [7, 11) is 0. The van der Waals surface area contributed by atoms with Gasteiger partial charge < -0.3 is 0 Å². The molecule has 2 aliphatic carbocycles. The Labute approximate surface area is 162 Å². The largest absolute Gasteiger partial charge is 0.147 e. The van der Waals surface area contributed by atoms with Crippen molar-refractivity contribution in [2.45, 2.75) is 53.6 Å². The zero-order valence-corrected chi connectivity index (χ0v) is 18.9. The van der Waals surface area contributed by atoms with Crippen LogP contribution in [-0.2, 0) is 19.2 Å². The van der Waals surface area contributed by atoms with Crippen molar-refractivity contribution in [1.82, 2.24) is 0 Å². The first-order valence-corrected chi connectivity index (χ1v) is 12.3. The molecule has 2 aliphatic rings. The maximum atomic E-state index is 3.24. The van der Waals surface area contributed by atoms with Crippen molar-refractivity contribution in [3.05, 3.63) is 47.6 Å². The first kappa shape index (κ1) is 27.3. The van der Waals surface area contributed by atoms with Crippen LogP contribution in [0.5, 0.6) is 0 Å². The van der Waals surface area contributed by atoms with E-state index in [1.165, 1.54) is 24.0 Å². The molecule has 0 aromatic rings. The Kier molecular flexibility index (Phi) is 20.3. The van der Waals surface area contributed by atoms with Gasteiger partial charge in [0.2, 0.25) is 0 Å². The molecule has 0 bridgehead atoms. The minimum atomic E-state index is 0. The van der Waals surface area contributed by atoms with Gasteiger partial charge in [-0.2, -0.15) is 12.2 Å². The second-order valence-electron chi connectivity index (χ2n) is 5.47. The summed E-state index contributed by atoms with van der Waals surface area (Å²) in [5.74, 6) is 1.21. The smallest absolute Gasteiger partial charge is 0.147 e. The average molecular weight is 393 g/mol. The van der Waals surface area contributed by atoms with Gasteiger partial charge in [-0.1, -0.05) is 38.5 Å². The van der Waals surface area contributed by atoms with Crippen LogP contribution in [0.15, 0.2) is 35.5 Å². The van der Waals surface area contributed by atoms with Crippen molar-refractivity contribution in [2.75, 3.05) is 0 Å². The maximum absolute atomic E-state index is 3.24. The van der Waals surface area contributed by atoms with Gasteiger partial charge in [0, 0.05) is 0 Å². The van der Waals surface area contributed by atoms with Crippen LogP contribution in [0, 0.1) is 24.0 Å². The molecule has 0 N–H and O–H groups in total. The third kappa shape index (κ3) is 15.4. The normalized spacial score (nSPS) is 20.4. The topological polar surface area (TPSA) is 0 Å². The van der Waals surface area contributed by atoms with Crippen molar-refractivity contribution in [3.8, 4) is 0 Å². The van der Waals surface area contributed by atoms with Gasteiger partial charge in [-0.15, -0.1) is 38.7 Å². The van der Waals surface area contributed by atoms with E-state index in [0.29, 0.717) is 11.8 Å². The molecule has 0 radical (unpaired) electrons. The van der Waals surface area contributed by atoms with E-state index in [2.05, 4.69) is 96.4 Å². The summed E-state index contributed by atoms with van der Waals surface area (Å²) in [6.07, 6.45) is 17.6. The molecule has 0 aromatic heterocycles. The fourth-order valence-corrected chi connectivity index (χ4v) is 1.78. The zero-order valence-electron chi connectivity index (χ0n) is 14.7. The van der Waals surface area contributed by atoms with Crippen LogP contribution >= 0.6 is 24.8 Å². The first-order chi connectivity index (χ1) is 9.38. The minimum absolute atomic E-state index is 0. The first-order valence-electron chi connectivity index (χ1n) is 7.46. The molecular formula is C18H30Cl2SiTi. The van der Waals surface area contributed by atoms with Gasteiger partial charge in [0.1, 0.15) is 0 Å². The van der Waals surface area contributed by atoms with E-state index in [4.69, 9.17) is 0 Å². The molecule has 124 valence electrons. The van der Waals surface area contributed by atoms with E-state index in [-0.39, 0.29) is 31.0 Å². The van der Waals surface area contributed by atoms with Crippen LogP contribution < -0.4 is 0 Å². The predicted molar refractivity (Wildman–Crippen MR) is 103 cm³/mol. The van der Waals surface area contributed by atoms with Crippen LogP contribution in [0.3, 0.4) is 0 Å². The van der Waals surface area contributed by atoms with E-state index < -0.39 is 0 Å². The molecule has 0 nitrogen and oxygen atoms in total. The molecule has 0 fully saturated rings. The third-order valence-electron chi connectivity index (χ3n) is 2.86. The van der Waals surface area contributed by atoms with Gasteiger partial charge in [0.15, 0.2) is 0 Å². The molecule has 0 spiro atoms. The predicted octanol–water partition coefficient (Wildman–Crippen LogP) is 6.29. The standard InChI is InChI=1S/2C8H11.C2H6Si.2ClH.Ti/c2*1-3-8-5-4-7(2)6-8;1-3-2;;;/h2*4,6,8H,3H2,1-2H3;1-2H3;2*1H;/q2*-1;;;;+2. The summed E-state index contributed by atoms with van der Waals surface area (Å²) in [6, 6.07) is 0. The Morgan fingerprint density at radius 3 is 1.27 bits per heavy atom. The van der Waals surface area contributed by atoms with Crippen molar-refractivity contribution in [3.63, 3.8) is 0 Å². The summed E-state index contributed by atoms with van der Waals surface area (Å²) >= 11 is 2.27. The number of allylic oxidation sites excluding steroid dienone is 8. The number of halogens is 2. The Bertz CT molecular complexity index is 385. The summed E-state index contributed by atoms with van der Waals surface area (Å²) in [5.41, 5.74) is 2.72. The van der Waals surface area contributed by atoms with E-state index in [9.17, 15) is 0 Å². The van der Waals surface area contributed by atoms with E-state index in [0.717, 1.165) is 0 Å². The molecule has 0 aliphatic heterocycles. The van der Waals surface area contributed by atoms with Crippen molar-refractivity contribution in [2.24, 2.45) is 11.8 Å². The molecule has 0 heterocycles. The Balaban J connectivity index is -0.000000249. The molecule has 0 amide bonds. The minimum Gasteiger partial charge on any atom is -0.147 e. The van der Waals surface area contributed by atoms with Crippen molar-refractivity contribution >= 4 is 31.0 Å². The molecule has 0 saturated heterocycles. The summed E-state index contributed by atoms with van der Waals surface area (Å²) in [5, 5.41) is 0. The Morgan fingerprint density at radius 2 is 1.18 bits per heavy atom. The molecule has 4 heteroatoms. The summed E-state index contributed by atoms with van der Waals surface area (Å²) < 4.78 is 0. The molecule has 0 saturated carbocycles. The van der Waals surface area contributed by atoms with Crippen LogP contribution in [0.25, 0.3) is 0 Å². The average Bonchev–Trinajstić information content (AvgIpc) is 2.97. The van der Waals surface area contributed by atoms with Gasteiger partial charge in [0.05, 0.1) is 0 Å². The quantitative estimate of drug-likeness (QED) is 0.382. The SMILES string of the molecule is CCC1[C-]=CC(C)=C1.CCC1[C-]=CC(C)=C1.C[Si](C)=[Ti+2].Cl.Cl. The molecule has 0 aromatic carbocycles. The van der Waals surface area contributed by atoms with E-state index in [1.807, 2.05) is 0 Å². The monoisotopic (exact) mass is 392 g/mol. The van der Waals surface area contributed by atoms with Gasteiger partial charge in [-0.3, -0.25) is 12.2 Å². The molecule has 2 rings (SSSR count). The summed E-state index contributed by atoms with van der Waals surface area (Å²) in [4.78, 5) is 0. The van der Waals surface area contributed by atoms with E-state index >= 15 is 0 Å². The van der Waals surface area contributed by atoms with Crippen LogP contribution in [0.4, 0.5) is 0 Å². The van der Waals surface area contributed by atoms with Gasteiger partial charge in [-0.25, -0.2) is 23.3 Å². The number of hydrogen-bond donors (Lipinski definition) is 0. The zero-order chi connectivity index (χ0) is 15.5. The van der Waals surface area contributed by atoms with Gasteiger partial charge in [-0.05, 0) is 0 Å². The fourth-order valence-electron chi connectivity index (χ4n) is 1.78. The molecule has 2 atom stereocenters. The second-order valence-corrected chi connectivity index (χ2v) is 12.2. The summed E-state index contributed by atoms with van der Waals surface area (Å²) in [6.45, 7) is 13.1. The second kappa shape index (κ2) is 16.3. The fraction of sp³-hybridized carbons (Fsp3) is 0.556. The van der Waals surface area contributed by atoms with E-state index in [1.54, 1.807) is 0 Å². The number of hydrogen-bond acceptors (Lipinski definition) is 0. The van der Waals surface area contributed by atoms with Crippen molar-refractivity contribution in [1.29, 1.82) is 0 Å². The Hall–Kier alpha value is 0.471. The maximum Gasteiger partial charge on any atom is -0.147 e. The molecule has 2 unspecified atom stereocenters. The van der Waals surface area contributed by atoms with Crippen LogP contribution in [0.1, 0.15) is 40.5 Å². The van der Waals surface area contributed by atoms with Gasteiger partial charge in [0.25, 0.3) is 0 Å². The van der Waals surface area contributed by atoms with Crippen LogP contribution in [-0.4, -0.2) is 6.19 Å². The molecule has 22 heavy (non-hydrogen) atoms. The third-order valence-corrected chi connectivity index (χ3v) is 2.86. The Morgan fingerprint density at radius 1 is 0.909 bits per heavy atom.